The minimum atomic E-state index is -1.44. The van der Waals surface area contributed by atoms with E-state index < -0.39 is 9.28 Å². The van der Waals surface area contributed by atoms with Crippen molar-refractivity contribution in [2.45, 2.75) is 59.0 Å². The Morgan fingerprint density at radius 2 is 1.40 bits per heavy atom. The van der Waals surface area contributed by atoms with Gasteiger partial charge in [0.2, 0.25) is 0 Å². The maximum Gasteiger partial charge on any atom is 0.321 e. The molecule has 122 valence electrons. The molecule has 2 atom stereocenters. The molecule has 0 amide bonds. The van der Waals surface area contributed by atoms with Crippen LogP contribution in [0.25, 0.3) is 0 Å². The van der Waals surface area contributed by atoms with Gasteiger partial charge in [-0.1, -0.05) is 6.42 Å². The summed E-state index contributed by atoms with van der Waals surface area (Å²) in [4.78, 5) is 2.22. The predicted octanol–water partition coefficient (Wildman–Crippen LogP) is 2.35. The lowest BCUT2D eigenvalue weighted by molar-refractivity contribution is -0.117. The minimum Gasteiger partial charge on any atom is -0.397 e. The first-order valence-corrected chi connectivity index (χ1v) is 9.41. The fourth-order valence-corrected chi connectivity index (χ4v) is 3.92. The molecule has 0 N–H and O–H groups in total. The molecule has 0 aliphatic rings. The van der Waals surface area contributed by atoms with Crippen LogP contribution >= 0.6 is 0 Å². The molecule has 20 heavy (non-hydrogen) atoms. The van der Waals surface area contributed by atoms with E-state index in [1.54, 1.807) is 14.2 Å². The Labute approximate surface area is 126 Å². The van der Waals surface area contributed by atoms with Gasteiger partial charge in [0, 0.05) is 34.0 Å². The quantitative estimate of drug-likeness (QED) is 0.297. The molecule has 0 fully saturated rings. The minimum absolute atomic E-state index is 0.0665. The summed E-state index contributed by atoms with van der Waals surface area (Å²) < 4.78 is 22.2. The molecule has 0 aliphatic carbocycles. The van der Waals surface area contributed by atoms with Gasteiger partial charge in [-0.05, 0) is 40.2 Å². The van der Waals surface area contributed by atoms with Gasteiger partial charge in [0.15, 0.2) is 0 Å². The molecule has 2 unspecified atom stereocenters. The van der Waals surface area contributed by atoms with Gasteiger partial charge in [-0.15, -0.1) is 0 Å². The Kier molecular flexibility index (Phi) is 12.7. The molecule has 0 saturated heterocycles. The van der Waals surface area contributed by atoms with E-state index in [0.29, 0.717) is 0 Å². The maximum absolute atomic E-state index is 5.68. The number of nitrogens with zero attached hydrogens (tertiary/aromatic N) is 1. The Bertz CT molecular complexity index is 205. The molecular formula is C14H33NO4Si. The summed E-state index contributed by atoms with van der Waals surface area (Å²) in [6.07, 6.45) is 2.36. The molecule has 0 aliphatic heterocycles. The third kappa shape index (κ3) is 8.34. The van der Waals surface area contributed by atoms with Gasteiger partial charge in [-0.3, -0.25) is 4.90 Å². The lowest BCUT2D eigenvalue weighted by Gasteiger charge is -2.32. The van der Waals surface area contributed by atoms with E-state index >= 15 is 0 Å². The normalized spacial score (nSPS) is 15.0. The van der Waals surface area contributed by atoms with Crippen LogP contribution in [-0.4, -0.2) is 60.6 Å². The summed E-state index contributed by atoms with van der Waals surface area (Å²) in [5.41, 5.74) is 0. The van der Waals surface area contributed by atoms with E-state index in [9.17, 15) is 0 Å². The first-order valence-electron chi connectivity index (χ1n) is 7.65. The van der Waals surface area contributed by atoms with Crippen molar-refractivity contribution >= 4 is 9.28 Å². The van der Waals surface area contributed by atoms with Crippen molar-refractivity contribution in [3.05, 3.63) is 0 Å². The molecular weight excluding hydrogens is 274 g/mol. The zero-order valence-electron chi connectivity index (χ0n) is 14.1. The molecule has 5 nitrogen and oxygen atoms in total. The Morgan fingerprint density at radius 3 is 1.80 bits per heavy atom. The number of hydrogen-bond acceptors (Lipinski definition) is 5. The number of ether oxygens (including phenoxy) is 2. The third-order valence-corrected chi connectivity index (χ3v) is 5.72. The van der Waals surface area contributed by atoms with E-state index in [1.165, 1.54) is 0 Å². The van der Waals surface area contributed by atoms with Gasteiger partial charge in [0.1, 0.15) is 12.5 Å². The topological polar surface area (TPSA) is 40.2 Å². The largest absolute Gasteiger partial charge is 0.397 e. The average Bonchev–Trinajstić information content (AvgIpc) is 2.46. The molecule has 0 spiro atoms. The van der Waals surface area contributed by atoms with Crippen LogP contribution in [0.3, 0.4) is 0 Å². The number of hydrogen-bond donors (Lipinski definition) is 0. The molecule has 0 aromatic heterocycles. The van der Waals surface area contributed by atoms with Crippen LogP contribution in [0.1, 0.15) is 40.5 Å². The molecule has 0 radical (unpaired) electrons. The van der Waals surface area contributed by atoms with Gasteiger partial charge < -0.3 is 18.3 Å². The number of methoxy groups -OCH3 is 2. The van der Waals surface area contributed by atoms with Crippen molar-refractivity contribution in [3.8, 4) is 0 Å². The van der Waals surface area contributed by atoms with Crippen molar-refractivity contribution < 1.29 is 18.3 Å². The Balaban J connectivity index is 4.03. The van der Waals surface area contributed by atoms with Gasteiger partial charge >= 0.3 is 9.28 Å². The highest BCUT2D eigenvalue weighted by Gasteiger charge is 2.19. The van der Waals surface area contributed by atoms with Gasteiger partial charge in [0.25, 0.3) is 0 Å². The second-order valence-electron chi connectivity index (χ2n) is 4.74. The Morgan fingerprint density at radius 1 is 0.900 bits per heavy atom. The molecule has 0 bridgehead atoms. The second-order valence-corrected chi connectivity index (χ2v) is 6.85. The lowest BCUT2D eigenvalue weighted by Crippen LogP contribution is -2.42. The monoisotopic (exact) mass is 307 g/mol. The van der Waals surface area contributed by atoms with Crippen LogP contribution in [0.4, 0.5) is 0 Å². The van der Waals surface area contributed by atoms with E-state index in [-0.39, 0.29) is 12.5 Å². The molecule has 0 aromatic rings. The van der Waals surface area contributed by atoms with Crippen LogP contribution in [0.5, 0.6) is 0 Å². The summed E-state index contributed by atoms with van der Waals surface area (Å²) in [6.45, 7) is 10.6. The van der Waals surface area contributed by atoms with Gasteiger partial charge in [-0.25, -0.2) is 0 Å². The number of unbranched alkanes of at least 4 members (excludes halogenated alkanes) is 1. The second kappa shape index (κ2) is 12.7. The van der Waals surface area contributed by atoms with Crippen LogP contribution in [0.15, 0.2) is 0 Å². The Hall–Kier alpha value is 0.0169. The highest BCUT2D eigenvalue weighted by atomic mass is 28.3. The summed E-state index contributed by atoms with van der Waals surface area (Å²) in [5.74, 6) is 0. The summed E-state index contributed by atoms with van der Waals surface area (Å²) in [7, 11) is 2.02. The highest BCUT2D eigenvalue weighted by Crippen LogP contribution is 2.11. The molecule has 0 aromatic carbocycles. The van der Waals surface area contributed by atoms with E-state index in [1.807, 2.05) is 27.7 Å². The fraction of sp³-hybridized carbons (Fsp3) is 1.00. The molecule has 0 saturated carbocycles. The standard InChI is InChI=1S/C14H33NO4Si/c1-7-18-20(19-8-2)12-10-9-11-15(13(3)16-5)14(4)17-6/h13-14,20H,7-12H2,1-6H3. The van der Waals surface area contributed by atoms with Crippen molar-refractivity contribution in [1.82, 2.24) is 4.90 Å². The smallest absolute Gasteiger partial charge is 0.321 e. The van der Waals surface area contributed by atoms with Crippen molar-refractivity contribution in [3.63, 3.8) is 0 Å². The molecule has 0 rings (SSSR count). The van der Waals surface area contributed by atoms with Crippen molar-refractivity contribution in [1.29, 1.82) is 0 Å². The number of rotatable bonds is 13. The fourth-order valence-electron chi connectivity index (χ4n) is 2.12. The summed E-state index contributed by atoms with van der Waals surface area (Å²) >= 11 is 0. The maximum atomic E-state index is 5.68. The first-order chi connectivity index (χ1) is 9.60. The van der Waals surface area contributed by atoms with Crippen LogP contribution in [-0.2, 0) is 18.3 Å². The lowest BCUT2D eigenvalue weighted by atomic mass is 10.3. The van der Waals surface area contributed by atoms with E-state index in [0.717, 1.165) is 38.6 Å². The van der Waals surface area contributed by atoms with E-state index in [2.05, 4.69) is 4.90 Å². The SMILES string of the molecule is CCO[SiH](CCCCN(C(C)OC)C(C)OC)OCC. The highest BCUT2D eigenvalue weighted by molar-refractivity contribution is 6.44. The summed E-state index contributed by atoms with van der Waals surface area (Å²) in [5, 5.41) is 0. The van der Waals surface area contributed by atoms with Crippen LogP contribution < -0.4 is 0 Å². The zero-order chi connectivity index (χ0) is 15.4. The average molecular weight is 308 g/mol. The third-order valence-electron chi connectivity index (χ3n) is 3.43. The molecule has 0 heterocycles. The van der Waals surface area contributed by atoms with Crippen molar-refractivity contribution in [2.75, 3.05) is 34.0 Å². The van der Waals surface area contributed by atoms with E-state index in [4.69, 9.17) is 18.3 Å². The summed E-state index contributed by atoms with van der Waals surface area (Å²) in [6, 6.07) is 1.07. The van der Waals surface area contributed by atoms with Crippen molar-refractivity contribution in [2.24, 2.45) is 0 Å². The first kappa shape index (κ1) is 20.0. The van der Waals surface area contributed by atoms with Gasteiger partial charge in [0.05, 0.1) is 0 Å². The van der Waals surface area contributed by atoms with Gasteiger partial charge in [-0.2, -0.15) is 0 Å². The van der Waals surface area contributed by atoms with Crippen LogP contribution in [0, 0.1) is 0 Å². The molecule has 6 heteroatoms. The zero-order valence-corrected chi connectivity index (χ0v) is 15.2. The predicted molar refractivity (Wildman–Crippen MR) is 84.1 cm³/mol. The van der Waals surface area contributed by atoms with Crippen LogP contribution in [0.2, 0.25) is 6.04 Å².